The van der Waals surface area contributed by atoms with Crippen molar-refractivity contribution in [1.82, 2.24) is 4.72 Å². The van der Waals surface area contributed by atoms with Crippen molar-refractivity contribution >= 4 is 15.9 Å². The van der Waals surface area contributed by atoms with Crippen LogP contribution in [0.2, 0.25) is 0 Å². The first kappa shape index (κ1) is 14.6. The molecule has 1 rings (SSSR count). The minimum atomic E-state index is -3.76. The number of aliphatic hydroxyl groups excluding tert-OH is 1. The number of primary amides is 1. The quantitative estimate of drug-likeness (QED) is 0.666. The lowest BCUT2D eigenvalue weighted by Gasteiger charge is -2.11. The van der Waals surface area contributed by atoms with Crippen molar-refractivity contribution in [2.24, 2.45) is 5.73 Å². The molecule has 4 N–H and O–H groups in total. The molecule has 1 atom stereocenters. The summed E-state index contributed by atoms with van der Waals surface area (Å²) in [4.78, 5) is 10.7. The van der Waals surface area contributed by atoms with Crippen molar-refractivity contribution in [3.63, 3.8) is 0 Å². The molecule has 0 aromatic heterocycles. The Morgan fingerprint density at radius 3 is 2.61 bits per heavy atom. The number of hydrogen-bond acceptors (Lipinski definition) is 4. The molecule has 0 radical (unpaired) electrons. The number of nitrogens with two attached hydrogens (primary N) is 1. The largest absolute Gasteiger partial charge is 0.382 e. The van der Waals surface area contributed by atoms with E-state index in [-0.39, 0.29) is 4.90 Å². The topological polar surface area (TPSA) is 109 Å². The number of rotatable bonds is 5. The summed E-state index contributed by atoms with van der Waals surface area (Å²) in [5.74, 6) is -0.973. The van der Waals surface area contributed by atoms with Crippen molar-refractivity contribution in [2.45, 2.75) is 24.8 Å². The summed E-state index contributed by atoms with van der Waals surface area (Å²) >= 11 is 0. The van der Waals surface area contributed by atoms with Gasteiger partial charge in [0.2, 0.25) is 15.9 Å². The second-order valence-corrected chi connectivity index (χ2v) is 5.77. The molecule has 1 aromatic rings. The molecular weight excluding hydrogens is 256 g/mol. The summed E-state index contributed by atoms with van der Waals surface area (Å²) in [5.41, 5.74) is 6.22. The average Bonchev–Trinajstić information content (AvgIpc) is 2.29. The minimum Gasteiger partial charge on any atom is -0.382 e. The fourth-order valence-corrected chi connectivity index (χ4v) is 2.73. The molecule has 0 aliphatic carbocycles. The van der Waals surface area contributed by atoms with Crippen LogP contribution in [0.1, 0.15) is 11.1 Å². The summed E-state index contributed by atoms with van der Waals surface area (Å²) in [6.07, 6.45) is -1.54. The molecule has 0 saturated carbocycles. The fourth-order valence-electron chi connectivity index (χ4n) is 1.36. The maximum absolute atomic E-state index is 12.0. The van der Waals surface area contributed by atoms with Crippen LogP contribution < -0.4 is 10.5 Å². The number of hydrogen-bond donors (Lipinski definition) is 3. The lowest BCUT2D eigenvalue weighted by atomic mass is 10.2. The molecule has 1 unspecified atom stereocenters. The Kier molecular flexibility index (Phi) is 4.44. The molecule has 0 bridgehead atoms. The molecule has 18 heavy (non-hydrogen) atoms. The van der Waals surface area contributed by atoms with Gasteiger partial charge in [0.05, 0.1) is 4.90 Å². The van der Waals surface area contributed by atoms with E-state index in [0.29, 0.717) is 5.56 Å². The Morgan fingerprint density at radius 1 is 1.44 bits per heavy atom. The van der Waals surface area contributed by atoms with Gasteiger partial charge >= 0.3 is 0 Å². The standard InChI is InChI=1S/C11H16N2O4S/c1-7-3-4-8(2)10(5-7)18(16,17)13-6-9(14)11(12)15/h3-5,9,13-14H,6H2,1-2H3,(H2,12,15). The lowest BCUT2D eigenvalue weighted by Crippen LogP contribution is -2.40. The van der Waals surface area contributed by atoms with Gasteiger partial charge in [0.15, 0.2) is 0 Å². The molecule has 6 nitrogen and oxygen atoms in total. The Morgan fingerprint density at radius 2 is 2.06 bits per heavy atom. The SMILES string of the molecule is Cc1ccc(C)c(S(=O)(=O)NCC(O)C(N)=O)c1. The fraction of sp³-hybridized carbons (Fsp3) is 0.364. The molecule has 1 amide bonds. The summed E-state index contributed by atoms with van der Waals surface area (Å²) in [6.45, 7) is 3.00. The number of carbonyl (C=O) groups is 1. The van der Waals surface area contributed by atoms with Crippen LogP contribution in [0.15, 0.2) is 23.1 Å². The number of aliphatic hydroxyl groups is 1. The van der Waals surface area contributed by atoms with Crippen LogP contribution in [0.25, 0.3) is 0 Å². The highest BCUT2D eigenvalue weighted by atomic mass is 32.2. The molecule has 0 spiro atoms. The van der Waals surface area contributed by atoms with Gasteiger partial charge in [0.1, 0.15) is 6.10 Å². The van der Waals surface area contributed by atoms with E-state index >= 15 is 0 Å². The van der Waals surface area contributed by atoms with E-state index in [0.717, 1.165) is 5.56 Å². The maximum atomic E-state index is 12.0. The van der Waals surface area contributed by atoms with E-state index in [1.54, 1.807) is 26.0 Å². The second-order valence-electron chi connectivity index (χ2n) is 4.04. The van der Waals surface area contributed by atoms with Crippen LogP contribution in [0.5, 0.6) is 0 Å². The van der Waals surface area contributed by atoms with Gasteiger partial charge in [-0.15, -0.1) is 0 Å². The van der Waals surface area contributed by atoms with Crippen LogP contribution in [-0.4, -0.2) is 32.1 Å². The first-order valence-corrected chi connectivity index (χ1v) is 6.76. The van der Waals surface area contributed by atoms with E-state index in [4.69, 9.17) is 10.8 Å². The van der Waals surface area contributed by atoms with Crippen molar-refractivity contribution in [3.8, 4) is 0 Å². The number of nitrogens with one attached hydrogen (secondary N) is 1. The Bertz CT molecular complexity index is 554. The Labute approximate surface area is 106 Å². The molecule has 0 heterocycles. The van der Waals surface area contributed by atoms with Crippen molar-refractivity contribution in [2.75, 3.05) is 6.54 Å². The van der Waals surface area contributed by atoms with E-state index in [2.05, 4.69) is 4.72 Å². The van der Waals surface area contributed by atoms with Crippen LogP contribution in [-0.2, 0) is 14.8 Å². The molecule has 100 valence electrons. The number of amides is 1. The third-order valence-corrected chi connectivity index (χ3v) is 3.99. The van der Waals surface area contributed by atoms with Gasteiger partial charge in [-0.05, 0) is 31.0 Å². The van der Waals surface area contributed by atoms with Gasteiger partial charge in [0, 0.05) is 6.54 Å². The van der Waals surface area contributed by atoms with Crippen LogP contribution >= 0.6 is 0 Å². The number of sulfonamides is 1. The summed E-state index contributed by atoms with van der Waals surface area (Å²) in [5, 5.41) is 9.16. The van der Waals surface area contributed by atoms with E-state index in [9.17, 15) is 13.2 Å². The summed E-state index contributed by atoms with van der Waals surface area (Å²) in [6, 6.07) is 5.01. The lowest BCUT2D eigenvalue weighted by molar-refractivity contribution is -0.125. The maximum Gasteiger partial charge on any atom is 0.247 e. The highest BCUT2D eigenvalue weighted by Crippen LogP contribution is 2.16. The van der Waals surface area contributed by atoms with Crippen molar-refractivity contribution < 1.29 is 18.3 Å². The van der Waals surface area contributed by atoms with Gasteiger partial charge in [-0.3, -0.25) is 4.79 Å². The third kappa shape index (κ3) is 3.52. The zero-order valence-corrected chi connectivity index (χ0v) is 11.0. The molecular formula is C11H16N2O4S. The zero-order chi connectivity index (χ0) is 13.9. The van der Waals surface area contributed by atoms with Gasteiger partial charge in [-0.25, -0.2) is 13.1 Å². The Balaban J connectivity index is 2.93. The van der Waals surface area contributed by atoms with Crippen molar-refractivity contribution in [3.05, 3.63) is 29.3 Å². The predicted octanol–water partition coefficient (Wildman–Crippen LogP) is -0.572. The molecule has 0 fully saturated rings. The molecule has 0 aliphatic heterocycles. The number of benzene rings is 1. The van der Waals surface area contributed by atoms with Gasteiger partial charge in [0.25, 0.3) is 0 Å². The molecule has 0 aliphatic rings. The van der Waals surface area contributed by atoms with Crippen molar-refractivity contribution in [1.29, 1.82) is 0 Å². The Hall–Kier alpha value is -1.44. The predicted molar refractivity (Wildman–Crippen MR) is 66.3 cm³/mol. The van der Waals surface area contributed by atoms with Gasteiger partial charge in [-0.2, -0.15) is 0 Å². The van der Waals surface area contributed by atoms with Gasteiger partial charge in [-0.1, -0.05) is 12.1 Å². The number of aryl methyl sites for hydroxylation is 2. The summed E-state index contributed by atoms with van der Waals surface area (Å²) in [7, 11) is -3.76. The first-order chi connectivity index (χ1) is 8.24. The zero-order valence-electron chi connectivity index (χ0n) is 10.2. The number of carbonyl (C=O) groups excluding carboxylic acids is 1. The highest BCUT2D eigenvalue weighted by molar-refractivity contribution is 7.89. The normalized spacial score (nSPS) is 13.3. The van der Waals surface area contributed by atoms with Gasteiger partial charge < -0.3 is 10.8 Å². The summed E-state index contributed by atoms with van der Waals surface area (Å²) < 4.78 is 26.1. The first-order valence-electron chi connectivity index (χ1n) is 5.28. The second kappa shape index (κ2) is 5.47. The minimum absolute atomic E-state index is 0.124. The van der Waals surface area contributed by atoms with E-state index < -0.39 is 28.6 Å². The molecule has 0 saturated heterocycles. The third-order valence-electron chi connectivity index (χ3n) is 2.43. The molecule has 1 aromatic carbocycles. The van der Waals surface area contributed by atoms with Crippen LogP contribution in [0.3, 0.4) is 0 Å². The average molecular weight is 272 g/mol. The van der Waals surface area contributed by atoms with Crippen LogP contribution in [0.4, 0.5) is 0 Å². The van der Waals surface area contributed by atoms with E-state index in [1.807, 2.05) is 0 Å². The highest BCUT2D eigenvalue weighted by Gasteiger charge is 2.20. The monoisotopic (exact) mass is 272 g/mol. The van der Waals surface area contributed by atoms with E-state index in [1.165, 1.54) is 6.07 Å². The smallest absolute Gasteiger partial charge is 0.247 e. The molecule has 7 heteroatoms. The van der Waals surface area contributed by atoms with Crippen LogP contribution in [0, 0.1) is 13.8 Å².